The molecule has 0 aliphatic carbocycles. The highest BCUT2D eigenvalue weighted by atomic mass is 16.6. The highest BCUT2D eigenvalue weighted by Crippen LogP contribution is 2.39. The zero-order valence-corrected chi connectivity index (χ0v) is 8.17. The lowest BCUT2D eigenvalue weighted by atomic mass is 9.97. The minimum atomic E-state index is -0.121. The molecule has 2 heteroatoms. The lowest BCUT2D eigenvalue weighted by Gasteiger charge is -2.06. The summed E-state index contributed by atoms with van der Waals surface area (Å²) in [5.41, 5.74) is -0.114. The molecule has 1 fully saturated rings. The number of carbonyl (C=O) groups excluding carboxylic acids is 1. The van der Waals surface area contributed by atoms with Crippen LogP contribution >= 0.6 is 0 Å². The van der Waals surface area contributed by atoms with Gasteiger partial charge in [0.25, 0.3) is 0 Å². The molecule has 0 aromatic carbocycles. The van der Waals surface area contributed by atoms with Gasteiger partial charge in [-0.25, -0.2) is 0 Å². The summed E-state index contributed by atoms with van der Waals surface area (Å²) in [6.07, 6.45) is 4.21. The molecule has 1 aliphatic rings. The first-order chi connectivity index (χ1) is 5.58. The van der Waals surface area contributed by atoms with Gasteiger partial charge < -0.3 is 9.53 Å². The fourth-order valence-electron chi connectivity index (χ4n) is 1.49. The number of carbonyl (C=O) groups is 1. The Balaban J connectivity index is 2.12. The van der Waals surface area contributed by atoms with Crippen LogP contribution in [0.15, 0.2) is 0 Å². The zero-order chi connectivity index (χ0) is 9.19. The van der Waals surface area contributed by atoms with Gasteiger partial charge in [0.1, 0.15) is 6.10 Å². The predicted molar refractivity (Wildman–Crippen MR) is 48.0 cm³/mol. The summed E-state index contributed by atoms with van der Waals surface area (Å²) in [7, 11) is 0. The molecule has 0 radical (unpaired) electrons. The summed E-state index contributed by atoms with van der Waals surface area (Å²) < 4.78 is 5.27. The smallest absolute Gasteiger partial charge is 0.151 e. The first-order valence-electron chi connectivity index (χ1n) is 4.71. The molecule has 12 heavy (non-hydrogen) atoms. The van der Waals surface area contributed by atoms with E-state index < -0.39 is 0 Å². The summed E-state index contributed by atoms with van der Waals surface area (Å²) in [4.78, 5) is 10.4. The van der Waals surface area contributed by atoms with Crippen LogP contribution in [0.4, 0.5) is 0 Å². The molecule has 0 N–H and O–H groups in total. The number of rotatable bonds is 5. The molecule has 0 aromatic rings. The van der Waals surface area contributed by atoms with Crippen LogP contribution in [0.2, 0.25) is 0 Å². The molecule has 1 rings (SSSR count). The maximum Gasteiger partial charge on any atom is 0.151 e. The van der Waals surface area contributed by atoms with Gasteiger partial charge in [-0.3, -0.25) is 0 Å². The van der Waals surface area contributed by atoms with Gasteiger partial charge >= 0.3 is 0 Å². The van der Waals surface area contributed by atoms with E-state index in [0.717, 1.165) is 18.6 Å². The van der Waals surface area contributed by atoms with Crippen LogP contribution in [0.5, 0.6) is 0 Å². The van der Waals surface area contributed by atoms with Gasteiger partial charge in [0.2, 0.25) is 0 Å². The van der Waals surface area contributed by atoms with E-state index >= 15 is 0 Å². The van der Waals surface area contributed by atoms with Crippen molar-refractivity contribution in [2.24, 2.45) is 5.92 Å². The van der Waals surface area contributed by atoms with Gasteiger partial charge in [-0.2, -0.15) is 0 Å². The number of ether oxygens (including phenoxy) is 1. The second-order valence-corrected chi connectivity index (χ2v) is 4.27. The number of hydrogen-bond donors (Lipinski definition) is 0. The van der Waals surface area contributed by atoms with Crippen molar-refractivity contribution in [2.75, 3.05) is 0 Å². The lowest BCUT2D eigenvalue weighted by Crippen LogP contribution is -2.10. The molecule has 0 amide bonds. The Kier molecular flexibility index (Phi) is 2.89. The largest absolute Gasteiger partial charge is 0.358 e. The lowest BCUT2D eigenvalue weighted by molar-refractivity contribution is -0.108. The molecular weight excluding hydrogens is 152 g/mol. The minimum absolute atomic E-state index is 0.114. The van der Waals surface area contributed by atoms with E-state index in [2.05, 4.69) is 13.8 Å². The molecule has 0 bridgehead atoms. The van der Waals surface area contributed by atoms with E-state index in [1.54, 1.807) is 0 Å². The average Bonchev–Trinajstić information content (AvgIpc) is 2.61. The van der Waals surface area contributed by atoms with Crippen LogP contribution in [0.1, 0.15) is 40.0 Å². The van der Waals surface area contributed by atoms with Crippen molar-refractivity contribution in [2.45, 2.75) is 51.7 Å². The van der Waals surface area contributed by atoms with E-state index in [1.165, 1.54) is 12.8 Å². The van der Waals surface area contributed by atoms with E-state index in [9.17, 15) is 4.79 Å². The topological polar surface area (TPSA) is 29.6 Å². The van der Waals surface area contributed by atoms with E-state index in [4.69, 9.17) is 4.74 Å². The number of aldehydes is 1. The summed E-state index contributed by atoms with van der Waals surface area (Å²) in [5.74, 6) is 0.752. The van der Waals surface area contributed by atoms with Gasteiger partial charge in [0, 0.05) is 0 Å². The molecule has 0 spiro atoms. The Hall–Kier alpha value is -0.370. The molecule has 2 nitrogen and oxygen atoms in total. The number of hydrogen-bond acceptors (Lipinski definition) is 2. The third kappa shape index (κ3) is 2.31. The van der Waals surface area contributed by atoms with Crippen LogP contribution in [0, 0.1) is 5.92 Å². The van der Waals surface area contributed by atoms with Crippen LogP contribution in [-0.4, -0.2) is 18.0 Å². The Bertz CT molecular complexity index is 165. The van der Waals surface area contributed by atoms with Crippen molar-refractivity contribution in [1.29, 1.82) is 0 Å². The van der Waals surface area contributed by atoms with Crippen molar-refractivity contribution >= 4 is 6.29 Å². The maximum atomic E-state index is 10.4. The monoisotopic (exact) mass is 170 g/mol. The molecule has 2 unspecified atom stereocenters. The third-order valence-corrected chi connectivity index (χ3v) is 2.52. The summed E-state index contributed by atoms with van der Waals surface area (Å²) in [6.45, 7) is 6.45. The van der Waals surface area contributed by atoms with Crippen molar-refractivity contribution in [1.82, 2.24) is 0 Å². The van der Waals surface area contributed by atoms with E-state index in [0.29, 0.717) is 0 Å². The Morgan fingerprint density at radius 2 is 2.25 bits per heavy atom. The molecule has 0 aromatic heterocycles. The number of epoxide rings is 1. The molecule has 1 saturated heterocycles. The van der Waals surface area contributed by atoms with Crippen LogP contribution in [-0.2, 0) is 9.53 Å². The molecule has 2 atom stereocenters. The zero-order valence-electron chi connectivity index (χ0n) is 8.17. The van der Waals surface area contributed by atoms with Crippen molar-refractivity contribution in [3.63, 3.8) is 0 Å². The van der Waals surface area contributed by atoms with Crippen molar-refractivity contribution in [3.05, 3.63) is 0 Å². The first kappa shape index (κ1) is 9.72. The minimum Gasteiger partial charge on any atom is -0.358 e. The van der Waals surface area contributed by atoms with Gasteiger partial charge in [0.15, 0.2) is 6.29 Å². The Morgan fingerprint density at radius 3 is 2.67 bits per heavy atom. The SMILES string of the molecule is CC(C)CCCC1(C)OC1C=O. The molecule has 1 heterocycles. The van der Waals surface area contributed by atoms with Crippen molar-refractivity contribution < 1.29 is 9.53 Å². The van der Waals surface area contributed by atoms with Gasteiger partial charge in [-0.15, -0.1) is 0 Å². The Labute approximate surface area is 74.3 Å². The third-order valence-electron chi connectivity index (χ3n) is 2.52. The van der Waals surface area contributed by atoms with E-state index in [-0.39, 0.29) is 11.7 Å². The second-order valence-electron chi connectivity index (χ2n) is 4.27. The molecular formula is C10H18O2. The van der Waals surface area contributed by atoms with Gasteiger partial charge in [0.05, 0.1) is 5.60 Å². The van der Waals surface area contributed by atoms with Crippen molar-refractivity contribution in [3.8, 4) is 0 Å². The van der Waals surface area contributed by atoms with Crippen LogP contribution in [0.25, 0.3) is 0 Å². The molecule has 0 saturated carbocycles. The summed E-state index contributed by atoms with van der Waals surface area (Å²) in [6, 6.07) is 0. The molecule has 1 aliphatic heterocycles. The summed E-state index contributed by atoms with van der Waals surface area (Å²) >= 11 is 0. The highest BCUT2D eigenvalue weighted by Gasteiger charge is 2.51. The van der Waals surface area contributed by atoms with Gasteiger partial charge in [-0.1, -0.05) is 26.7 Å². The normalized spacial score (nSPS) is 33.8. The standard InChI is InChI=1S/C10H18O2/c1-8(2)5-4-6-10(3)9(7-11)12-10/h7-9H,4-6H2,1-3H3. The van der Waals surface area contributed by atoms with Crippen LogP contribution in [0.3, 0.4) is 0 Å². The predicted octanol–water partition coefficient (Wildman–Crippen LogP) is 2.17. The first-order valence-corrected chi connectivity index (χ1v) is 4.71. The average molecular weight is 170 g/mol. The fourth-order valence-corrected chi connectivity index (χ4v) is 1.49. The Morgan fingerprint density at radius 1 is 1.58 bits per heavy atom. The highest BCUT2D eigenvalue weighted by molar-refractivity contribution is 5.62. The maximum absolute atomic E-state index is 10.4. The molecule has 70 valence electrons. The van der Waals surface area contributed by atoms with Crippen LogP contribution < -0.4 is 0 Å². The quantitative estimate of drug-likeness (QED) is 0.467. The van der Waals surface area contributed by atoms with E-state index in [1.807, 2.05) is 6.92 Å². The summed E-state index contributed by atoms with van der Waals surface area (Å²) in [5, 5.41) is 0. The fraction of sp³-hybridized carbons (Fsp3) is 0.900. The second kappa shape index (κ2) is 3.56. The van der Waals surface area contributed by atoms with Gasteiger partial charge in [-0.05, 0) is 19.3 Å².